The molecule has 8 heteroatoms. The van der Waals surface area contributed by atoms with E-state index in [1.807, 2.05) is 4.90 Å². The predicted octanol–water partition coefficient (Wildman–Crippen LogP) is -0.335. The van der Waals surface area contributed by atoms with Crippen LogP contribution in [0.5, 0.6) is 0 Å². The molecule has 0 aromatic heterocycles. The van der Waals surface area contributed by atoms with Crippen molar-refractivity contribution < 1.29 is 23.2 Å². The number of hydrogen-bond donors (Lipinski definition) is 2. The Balaban J connectivity index is 2.00. The van der Waals surface area contributed by atoms with Crippen molar-refractivity contribution >= 4 is 17.6 Å². The van der Waals surface area contributed by atoms with E-state index >= 15 is 0 Å². The van der Waals surface area contributed by atoms with Gasteiger partial charge in [-0.3, -0.25) is 19.3 Å². The van der Waals surface area contributed by atoms with Crippen LogP contribution in [0.25, 0.3) is 0 Å². The van der Waals surface area contributed by atoms with Crippen molar-refractivity contribution in [2.24, 2.45) is 11.7 Å². The Labute approximate surface area is 121 Å². The summed E-state index contributed by atoms with van der Waals surface area (Å²) in [7, 11) is 1.78. The van der Waals surface area contributed by atoms with Crippen LogP contribution >= 0.6 is 0 Å². The number of primary amides is 1. The van der Waals surface area contributed by atoms with Crippen LogP contribution in [0, 0.1) is 5.92 Å². The number of ketones is 1. The highest BCUT2D eigenvalue weighted by Gasteiger charge is 2.57. The van der Waals surface area contributed by atoms with Gasteiger partial charge in [-0.25, -0.2) is 8.78 Å². The molecule has 6 nitrogen and oxygen atoms in total. The second-order valence-corrected chi connectivity index (χ2v) is 5.83. The van der Waals surface area contributed by atoms with Gasteiger partial charge < -0.3 is 11.1 Å². The number of nitrogens with two attached hydrogens (primary N) is 1. The first-order valence-electron chi connectivity index (χ1n) is 6.94. The Morgan fingerprint density at radius 1 is 1.43 bits per heavy atom. The lowest BCUT2D eigenvalue weighted by Crippen LogP contribution is -2.51. The summed E-state index contributed by atoms with van der Waals surface area (Å²) >= 11 is 0. The van der Waals surface area contributed by atoms with E-state index in [0.717, 1.165) is 13.0 Å². The summed E-state index contributed by atoms with van der Waals surface area (Å²) < 4.78 is 25.9. The topological polar surface area (TPSA) is 92.5 Å². The van der Waals surface area contributed by atoms with Crippen molar-refractivity contribution in [2.75, 3.05) is 13.6 Å². The molecule has 1 saturated heterocycles. The van der Waals surface area contributed by atoms with Gasteiger partial charge in [-0.15, -0.1) is 0 Å². The van der Waals surface area contributed by atoms with E-state index in [2.05, 4.69) is 5.32 Å². The minimum Gasteiger partial charge on any atom is -0.363 e. The third-order valence-electron chi connectivity index (χ3n) is 4.17. The summed E-state index contributed by atoms with van der Waals surface area (Å²) in [4.78, 5) is 36.6. The second kappa shape index (κ2) is 5.67. The summed E-state index contributed by atoms with van der Waals surface area (Å²) in [5, 5.41) is 2.42. The van der Waals surface area contributed by atoms with Crippen LogP contribution in [0.15, 0.2) is 0 Å². The molecule has 0 aromatic carbocycles. The zero-order valence-electron chi connectivity index (χ0n) is 11.8. The zero-order chi connectivity index (χ0) is 15.8. The fourth-order valence-corrected chi connectivity index (χ4v) is 2.72. The Kier molecular flexibility index (Phi) is 4.27. The summed E-state index contributed by atoms with van der Waals surface area (Å²) in [6, 6.07) is -1.66. The third kappa shape index (κ3) is 3.55. The Morgan fingerprint density at radius 3 is 2.48 bits per heavy atom. The van der Waals surface area contributed by atoms with Gasteiger partial charge in [0.25, 0.3) is 11.8 Å². The molecule has 2 amide bonds. The van der Waals surface area contributed by atoms with Crippen LogP contribution in [-0.4, -0.2) is 54.1 Å². The largest absolute Gasteiger partial charge is 0.363 e. The highest BCUT2D eigenvalue weighted by molar-refractivity contribution is 6.37. The molecule has 1 aliphatic heterocycles. The van der Waals surface area contributed by atoms with Gasteiger partial charge in [-0.1, -0.05) is 0 Å². The van der Waals surface area contributed by atoms with E-state index in [1.165, 1.54) is 0 Å². The minimum absolute atomic E-state index is 0.253. The Morgan fingerprint density at radius 2 is 2.05 bits per heavy atom. The number of hydrogen-bond acceptors (Lipinski definition) is 4. The SMILES string of the molecule is CN1CCCC1C(=O)NC(CC1CC1(F)F)C(=O)C(N)=O. The fourth-order valence-electron chi connectivity index (χ4n) is 2.72. The van der Waals surface area contributed by atoms with Crippen LogP contribution in [0.1, 0.15) is 25.7 Å². The molecular weight excluding hydrogens is 284 g/mol. The van der Waals surface area contributed by atoms with Gasteiger partial charge in [0.15, 0.2) is 0 Å². The second-order valence-electron chi connectivity index (χ2n) is 5.83. The summed E-state index contributed by atoms with van der Waals surface area (Å²) in [5.74, 6) is -6.45. The molecule has 2 rings (SSSR count). The van der Waals surface area contributed by atoms with Gasteiger partial charge in [-0.05, 0) is 32.9 Å². The van der Waals surface area contributed by atoms with Crippen LogP contribution < -0.4 is 11.1 Å². The average Bonchev–Trinajstić information content (AvgIpc) is 2.79. The number of amides is 2. The van der Waals surface area contributed by atoms with Crippen molar-refractivity contribution in [2.45, 2.75) is 43.7 Å². The molecule has 21 heavy (non-hydrogen) atoms. The maximum atomic E-state index is 13.0. The molecule has 0 spiro atoms. The molecule has 0 bridgehead atoms. The summed E-state index contributed by atoms with van der Waals surface area (Å²) in [6.07, 6.45) is 0.912. The average molecular weight is 303 g/mol. The number of Topliss-reactive ketones (excluding diaryl/α,β-unsaturated/α-hetero) is 1. The van der Waals surface area contributed by atoms with E-state index in [9.17, 15) is 23.2 Å². The molecular formula is C13H19F2N3O3. The molecule has 3 atom stereocenters. The monoisotopic (exact) mass is 303 g/mol. The van der Waals surface area contributed by atoms with E-state index < -0.39 is 41.5 Å². The maximum absolute atomic E-state index is 13.0. The van der Waals surface area contributed by atoms with Crippen LogP contribution in [0.2, 0.25) is 0 Å². The molecule has 0 aromatic rings. The molecule has 3 N–H and O–H groups in total. The lowest BCUT2D eigenvalue weighted by molar-refractivity contribution is -0.139. The van der Waals surface area contributed by atoms with Crippen molar-refractivity contribution in [1.29, 1.82) is 0 Å². The van der Waals surface area contributed by atoms with Crippen molar-refractivity contribution in [3.63, 3.8) is 0 Å². The lowest BCUT2D eigenvalue weighted by Gasteiger charge is -2.22. The predicted molar refractivity (Wildman–Crippen MR) is 69.5 cm³/mol. The number of nitrogens with zero attached hydrogens (tertiary/aromatic N) is 1. The molecule has 1 saturated carbocycles. The van der Waals surface area contributed by atoms with Crippen molar-refractivity contribution in [3.8, 4) is 0 Å². The first-order chi connectivity index (χ1) is 9.72. The van der Waals surface area contributed by atoms with Gasteiger partial charge in [0.05, 0.1) is 12.1 Å². The van der Waals surface area contributed by atoms with Gasteiger partial charge >= 0.3 is 0 Å². The first kappa shape index (κ1) is 15.8. The zero-order valence-corrected chi connectivity index (χ0v) is 11.8. The van der Waals surface area contributed by atoms with Gasteiger partial charge in [0.1, 0.15) is 0 Å². The molecule has 118 valence electrons. The molecule has 1 heterocycles. The number of likely N-dealkylation sites (N-methyl/N-ethyl adjacent to an activating group) is 1. The van der Waals surface area contributed by atoms with E-state index in [-0.39, 0.29) is 12.8 Å². The molecule has 1 aliphatic carbocycles. The number of rotatable bonds is 6. The number of alkyl halides is 2. The number of carbonyl (C=O) groups excluding carboxylic acids is 3. The quantitative estimate of drug-likeness (QED) is 0.657. The van der Waals surface area contributed by atoms with Crippen molar-refractivity contribution in [3.05, 3.63) is 0 Å². The molecule has 2 fully saturated rings. The first-order valence-corrected chi connectivity index (χ1v) is 6.94. The highest BCUT2D eigenvalue weighted by Crippen LogP contribution is 2.51. The summed E-state index contributed by atoms with van der Waals surface area (Å²) in [6.45, 7) is 0.757. The van der Waals surface area contributed by atoms with E-state index in [0.29, 0.717) is 6.42 Å². The molecule has 3 unspecified atom stereocenters. The van der Waals surface area contributed by atoms with Crippen molar-refractivity contribution in [1.82, 2.24) is 10.2 Å². The summed E-state index contributed by atoms with van der Waals surface area (Å²) in [5.41, 5.74) is 4.92. The van der Waals surface area contributed by atoms with Gasteiger partial charge in [-0.2, -0.15) is 0 Å². The Bertz CT molecular complexity index is 470. The van der Waals surface area contributed by atoms with Crippen LogP contribution in [0.4, 0.5) is 8.78 Å². The Hall–Kier alpha value is -1.57. The molecule has 2 aliphatic rings. The maximum Gasteiger partial charge on any atom is 0.287 e. The number of halogens is 2. The molecule has 0 radical (unpaired) electrons. The van der Waals surface area contributed by atoms with E-state index in [1.54, 1.807) is 7.05 Å². The number of carbonyl (C=O) groups is 3. The standard InChI is InChI=1S/C13H19F2N3O3/c1-18-4-2-3-9(18)12(21)17-8(10(19)11(16)20)5-7-6-13(7,14)15/h7-9H,2-6H2,1H3,(H2,16,20)(H,17,21). The van der Waals surface area contributed by atoms with Gasteiger partial charge in [0, 0.05) is 12.3 Å². The van der Waals surface area contributed by atoms with Crippen LogP contribution in [-0.2, 0) is 14.4 Å². The van der Waals surface area contributed by atoms with Gasteiger partial charge in [0.2, 0.25) is 11.7 Å². The smallest absolute Gasteiger partial charge is 0.287 e. The lowest BCUT2D eigenvalue weighted by atomic mass is 10.0. The van der Waals surface area contributed by atoms with E-state index in [4.69, 9.17) is 5.73 Å². The normalized spacial score (nSPS) is 28.9. The fraction of sp³-hybridized carbons (Fsp3) is 0.769. The highest BCUT2D eigenvalue weighted by atomic mass is 19.3. The third-order valence-corrected chi connectivity index (χ3v) is 4.17. The number of nitrogens with one attached hydrogen (secondary N) is 1. The minimum atomic E-state index is -2.81. The van der Waals surface area contributed by atoms with Crippen LogP contribution in [0.3, 0.4) is 0 Å². The number of likely N-dealkylation sites (tertiary alicyclic amines) is 1.